The van der Waals surface area contributed by atoms with Crippen molar-refractivity contribution in [2.75, 3.05) is 31.3 Å². The van der Waals surface area contributed by atoms with Crippen molar-refractivity contribution in [3.63, 3.8) is 0 Å². The molecule has 0 saturated carbocycles. The van der Waals surface area contributed by atoms with Crippen LogP contribution in [0.15, 0.2) is 36.4 Å². The van der Waals surface area contributed by atoms with Crippen molar-refractivity contribution < 1.29 is 27.5 Å². The van der Waals surface area contributed by atoms with E-state index in [0.29, 0.717) is 25.1 Å². The van der Waals surface area contributed by atoms with Crippen molar-refractivity contribution >= 4 is 21.7 Å². The van der Waals surface area contributed by atoms with Gasteiger partial charge < -0.3 is 18.9 Å². The third-order valence-electron chi connectivity index (χ3n) is 6.39. The maximum Gasteiger partial charge on any atom is 0.340 e. The second-order valence-corrected chi connectivity index (χ2v) is 11.0. The van der Waals surface area contributed by atoms with E-state index in [1.807, 2.05) is 48.7 Å². The third kappa shape index (κ3) is 5.30. The van der Waals surface area contributed by atoms with Crippen molar-refractivity contribution in [2.24, 2.45) is 0 Å². The molecular formula is C24H30N2O6S. The smallest absolute Gasteiger partial charge is 0.340 e. The molecule has 0 bridgehead atoms. The van der Waals surface area contributed by atoms with E-state index < -0.39 is 34.4 Å². The van der Waals surface area contributed by atoms with E-state index in [1.54, 1.807) is 11.0 Å². The lowest BCUT2D eigenvalue weighted by Crippen LogP contribution is -2.47. The molecule has 2 saturated heterocycles. The fourth-order valence-electron chi connectivity index (χ4n) is 4.72. The Morgan fingerprint density at radius 2 is 1.94 bits per heavy atom. The van der Waals surface area contributed by atoms with Crippen molar-refractivity contribution in [3.8, 4) is 5.69 Å². The minimum atomic E-state index is -3.16. The molecule has 2 fully saturated rings. The Balaban J connectivity index is 1.45. The highest BCUT2D eigenvalue weighted by Crippen LogP contribution is 2.23. The molecule has 1 aromatic carbocycles. The zero-order chi connectivity index (χ0) is 23.6. The zero-order valence-corrected chi connectivity index (χ0v) is 19.8. The molecule has 0 unspecified atom stereocenters. The van der Waals surface area contributed by atoms with Crippen LogP contribution in [0.2, 0.25) is 0 Å². The molecule has 2 aromatic rings. The largest absolute Gasteiger partial charge is 0.452 e. The predicted octanol–water partition coefficient (Wildman–Crippen LogP) is 2.45. The van der Waals surface area contributed by atoms with Crippen molar-refractivity contribution in [1.82, 2.24) is 9.47 Å². The van der Waals surface area contributed by atoms with Crippen LogP contribution >= 0.6 is 0 Å². The molecule has 0 aliphatic carbocycles. The summed E-state index contributed by atoms with van der Waals surface area (Å²) in [6.07, 6.45) is 2.03. The van der Waals surface area contributed by atoms with E-state index in [9.17, 15) is 18.0 Å². The van der Waals surface area contributed by atoms with Gasteiger partial charge in [-0.2, -0.15) is 0 Å². The summed E-state index contributed by atoms with van der Waals surface area (Å²) in [6, 6.07) is 11.0. The van der Waals surface area contributed by atoms with Crippen LogP contribution in [0.1, 0.15) is 41.0 Å². The van der Waals surface area contributed by atoms with Crippen molar-refractivity contribution in [3.05, 3.63) is 53.3 Å². The number of benzene rings is 1. The van der Waals surface area contributed by atoms with E-state index in [4.69, 9.17) is 9.47 Å². The number of aromatic nitrogens is 1. The van der Waals surface area contributed by atoms with Gasteiger partial charge in [-0.25, -0.2) is 13.2 Å². The van der Waals surface area contributed by atoms with Crippen LogP contribution in [0.3, 0.4) is 0 Å². The van der Waals surface area contributed by atoms with Crippen molar-refractivity contribution in [2.45, 2.75) is 45.3 Å². The molecule has 0 N–H and O–H groups in total. The molecule has 3 heterocycles. The number of amides is 1. The van der Waals surface area contributed by atoms with Crippen LogP contribution < -0.4 is 0 Å². The Labute approximate surface area is 194 Å². The summed E-state index contributed by atoms with van der Waals surface area (Å²) in [5.74, 6) is -0.955. The molecular weight excluding hydrogens is 444 g/mol. The highest BCUT2D eigenvalue weighted by molar-refractivity contribution is 7.91. The van der Waals surface area contributed by atoms with Crippen LogP contribution in [0.5, 0.6) is 0 Å². The molecule has 4 rings (SSSR count). The first kappa shape index (κ1) is 23.5. The summed E-state index contributed by atoms with van der Waals surface area (Å²) in [7, 11) is -3.16. The van der Waals surface area contributed by atoms with Crippen LogP contribution in [0.25, 0.3) is 5.69 Å². The highest BCUT2D eigenvalue weighted by Gasteiger charge is 2.36. The molecule has 2 aliphatic rings. The first-order valence-electron chi connectivity index (χ1n) is 11.3. The second kappa shape index (κ2) is 9.69. The average molecular weight is 475 g/mol. The van der Waals surface area contributed by atoms with Crippen LogP contribution in [0.4, 0.5) is 0 Å². The topological polar surface area (TPSA) is 94.9 Å². The van der Waals surface area contributed by atoms with Gasteiger partial charge in [0.15, 0.2) is 16.4 Å². The van der Waals surface area contributed by atoms with E-state index in [2.05, 4.69) is 0 Å². The number of ether oxygens (including phenoxy) is 2. The van der Waals surface area contributed by atoms with Gasteiger partial charge in [-0.3, -0.25) is 4.79 Å². The van der Waals surface area contributed by atoms with Crippen LogP contribution in [0, 0.1) is 13.8 Å². The van der Waals surface area contributed by atoms with Crippen molar-refractivity contribution in [1.29, 1.82) is 0 Å². The van der Waals surface area contributed by atoms with Crippen LogP contribution in [-0.2, 0) is 24.1 Å². The Morgan fingerprint density at radius 1 is 1.18 bits per heavy atom. The lowest BCUT2D eigenvalue weighted by molar-refractivity contribution is -0.138. The van der Waals surface area contributed by atoms with Gasteiger partial charge in [-0.1, -0.05) is 18.2 Å². The van der Waals surface area contributed by atoms with Gasteiger partial charge in [-0.05, 0) is 51.3 Å². The van der Waals surface area contributed by atoms with Crippen LogP contribution in [-0.4, -0.2) is 73.2 Å². The van der Waals surface area contributed by atoms with E-state index in [1.165, 1.54) is 0 Å². The van der Waals surface area contributed by atoms with Gasteiger partial charge >= 0.3 is 5.97 Å². The number of hydrogen-bond donors (Lipinski definition) is 0. The summed E-state index contributed by atoms with van der Waals surface area (Å²) in [6.45, 7) is 4.27. The maximum atomic E-state index is 13.0. The molecule has 0 spiro atoms. The lowest BCUT2D eigenvalue weighted by atomic mass is 10.1. The zero-order valence-electron chi connectivity index (χ0n) is 19.0. The molecule has 1 aromatic heterocycles. The Morgan fingerprint density at radius 3 is 2.58 bits per heavy atom. The molecule has 33 heavy (non-hydrogen) atoms. The monoisotopic (exact) mass is 474 g/mol. The molecule has 2 aliphatic heterocycles. The van der Waals surface area contributed by atoms with E-state index in [-0.39, 0.29) is 17.6 Å². The van der Waals surface area contributed by atoms with Gasteiger partial charge in [-0.15, -0.1) is 0 Å². The molecule has 9 heteroatoms. The predicted molar refractivity (Wildman–Crippen MR) is 123 cm³/mol. The fraction of sp³-hybridized carbons (Fsp3) is 0.500. The number of rotatable bonds is 7. The quantitative estimate of drug-likeness (QED) is 0.572. The minimum Gasteiger partial charge on any atom is -0.452 e. The first-order valence-corrected chi connectivity index (χ1v) is 13.1. The summed E-state index contributed by atoms with van der Waals surface area (Å²) in [4.78, 5) is 27.4. The summed E-state index contributed by atoms with van der Waals surface area (Å²) < 4.78 is 37.0. The number of para-hydroxylation sites is 1. The first-order chi connectivity index (χ1) is 15.7. The summed E-state index contributed by atoms with van der Waals surface area (Å²) in [5.41, 5.74) is 2.95. The van der Waals surface area contributed by atoms with Gasteiger partial charge in [0, 0.05) is 36.3 Å². The Bertz CT molecular complexity index is 1120. The maximum absolute atomic E-state index is 13.0. The van der Waals surface area contributed by atoms with Gasteiger partial charge in [0.1, 0.15) is 0 Å². The fourth-order valence-corrected chi connectivity index (χ4v) is 6.45. The Kier molecular flexibility index (Phi) is 6.90. The normalized spacial score (nSPS) is 21.8. The summed E-state index contributed by atoms with van der Waals surface area (Å²) >= 11 is 0. The number of carbonyl (C=O) groups is 2. The molecule has 2 atom stereocenters. The number of hydrogen-bond acceptors (Lipinski definition) is 6. The van der Waals surface area contributed by atoms with E-state index >= 15 is 0 Å². The second-order valence-electron chi connectivity index (χ2n) is 8.77. The van der Waals surface area contributed by atoms with Gasteiger partial charge in [0.25, 0.3) is 5.91 Å². The molecule has 8 nitrogen and oxygen atoms in total. The van der Waals surface area contributed by atoms with Gasteiger partial charge in [0.05, 0.1) is 23.2 Å². The molecule has 1 amide bonds. The standard InChI is InChI=1S/C24H30N2O6S/c1-17-13-22(18(2)26(17)19-7-4-3-5-8-19)24(28)32-15-23(27)25(14-21-9-6-11-31-21)20-10-12-33(29,30)16-20/h3-5,7-8,13,20-21H,6,9-12,14-16H2,1-2H3/t20-,21+/m1/s1. The number of sulfone groups is 1. The molecule has 178 valence electrons. The minimum absolute atomic E-state index is 0.0579. The summed E-state index contributed by atoms with van der Waals surface area (Å²) in [5, 5.41) is 0. The number of esters is 1. The number of aryl methyl sites for hydroxylation is 1. The molecule has 0 radical (unpaired) electrons. The number of nitrogens with zero attached hydrogens (tertiary/aromatic N) is 2. The van der Waals surface area contributed by atoms with E-state index in [0.717, 1.165) is 29.9 Å². The lowest BCUT2D eigenvalue weighted by Gasteiger charge is -2.30. The third-order valence-corrected chi connectivity index (χ3v) is 8.14. The average Bonchev–Trinajstić information content (AvgIpc) is 3.50. The Hall–Kier alpha value is -2.65. The number of carbonyl (C=O) groups excluding carboxylic acids is 2. The highest BCUT2D eigenvalue weighted by atomic mass is 32.2. The SMILES string of the molecule is Cc1cc(C(=O)OCC(=O)N(C[C@@H]2CCCO2)[C@@H]2CCS(=O)(=O)C2)c(C)n1-c1ccccc1. The van der Waals surface area contributed by atoms with Gasteiger partial charge in [0.2, 0.25) is 0 Å².